The highest BCUT2D eigenvalue weighted by atomic mass is 15.2. The van der Waals surface area contributed by atoms with E-state index in [4.69, 9.17) is 0 Å². The molecule has 1 aromatic carbocycles. The zero-order valence-corrected chi connectivity index (χ0v) is 14.2. The molecule has 1 aromatic rings. The Hall–Kier alpha value is -0.860. The van der Waals surface area contributed by atoms with Crippen molar-refractivity contribution in [2.24, 2.45) is 5.92 Å². The highest BCUT2D eigenvalue weighted by Crippen LogP contribution is 2.26. The van der Waals surface area contributed by atoms with Gasteiger partial charge < -0.3 is 5.32 Å². The smallest absolute Gasteiger partial charge is 0.0120 e. The summed E-state index contributed by atoms with van der Waals surface area (Å²) in [6.07, 6.45) is 3.73. The average Bonchev–Trinajstić information content (AvgIpc) is 2.51. The Bertz CT molecular complexity index is 403. The third-order valence-corrected chi connectivity index (χ3v) is 5.34. The molecule has 0 spiro atoms. The lowest BCUT2D eigenvalue weighted by Crippen LogP contribution is -2.55. The van der Waals surface area contributed by atoms with E-state index in [1.807, 2.05) is 0 Å². The minimum Gasteiger partial charge on any atom is -0.314 e. The van der Waals surface area contributed by atoms with Crippen molar-refractivity contribution in [3.8, 4) is 0 Å². The normalized spacial score (nSPS) is 28.5. The molecule has 1 aliphatic rings. The maximum Gasteiger partial charge on any atom is 0.0120 e. The maximum absolute atomic E-state index is 3.66. The van der Waals surface area contributed by atoms with Crippen LogP contribution in [0.4, 0.5) is 0 Å². The molecule has 2 nitrogen and oxygen atoms in total. The van der Waals surface area contributed by atoms with Gasteiger partial charge in [0.2, 0.25) is 0 Å². The van der Waals surface area contributed by atoms with Crippen molar-refractivity contribution in [3.63, 3.8) is 0 Å². The first-order valence-electron chi connectivity index (χ1n) is 8.66. The summed E-state index contributed by atoms with van der Waals surface area (Å²) in [6, 6.07) is 12.9. The van der Waals surface area contributed by atoms with E-state index in [1.165, 1.54) is 31.4 Å². The highest BCUT2D eigenvalue weighted by molar-refractivity contribution is 5.14. The monoisotopic (exact) mass is 288 g/mol. The van der Waals surface area contributed by atoms with Crippen LogP contribution < -0.4 is 5.32 Å². The summed E-state index contributed by atoms with van der Waals surface area (Å²) in [6.45, 7) is 11.8. The van der Waals surface area contributed by atoms with Crippen LogP contribution in [0.1, 0.15) is 46.1 Å². The first-order valence-corrected chi connectivity index (χ1v) is 8.66. The fourth-order valence-corrected chi connectivity index (χ4v) is 3.75. The second-order valence-corrected chi connectivity index (χ2v) is 6.66. The molecule has 1 aliphatic heterocycles. The molecule has 4 atom stereocenters. The molecule has 1 heterocycles. The lowest BCUT2D eigenvalue weighted by molar-refractivity contribution is 0.0504. The Labute approximate surface area is 130 Å². The fraction of sp³-hybridized carbons (Fsp3) is 0.684. The number of aryl methyl sites for hydroxylation is 1. The summed E-state index contributed by atoms with van der Waals surface area (Å²) < 4.78 is 0. The molecular weight excluding hydrogens is 256 g/mol. The minimum absolute atomic E-state index is 0.672. The van der Waals surface area contributed by atoms with Crippen LogP contribution >= 0.6 is 0 Å². The van der Waals surface area contributed by atoms with Crippen molar-refractivity contribution in [2.45, 2.75) is 65.1 Å². The van der Waals surface area contributed by atoms with E-state index >= 15 is 0 Å². The molecule has 1 N–H and O–H groups in total. The molecule has 0 amide bonds. The Balaban J connectivity index is 1.86. The number of benzene rings is 1. The Morgan fingerprint density at radius 1 is 1.24 bits per heavy atom. The van der Waals surface area contributed by atoms with E-state index < -0.39 is 0 Å². The third kappa shape index (κ3) is 4.31. The fourth-order valence-electron chi connectivity index (χ4n) is 3.75. The van der Waals surface area contributed by atoms with Crippen LogP contribution in [0.15, 0.2) is 30.3 Å². The van der Waals surface area contributed by atoms with Gasteiger partial charge in [-0.05, 0) is 51.1 Å². The van der Waals surface area contributed by atoms with Crippen molar-refractivity contribution in [3.05, 3.63) is 35.9 Å². The van der Waals surface area contributed by atoms with Gasteiger partial charge in [-0.25, -0.2) is 0 Å². The van der Waals surface area contributed by atoms with E-state index in [2.05, 4.69) is 68.2 Å². The number of hydrogen-bond acceptors (Lipinski definition) is 2. The van der Waals surface area contributed by atoms with E-state index in [-0.39, 0.29) is 0 Å². The van der Waals surface area contributed by atoms with Crippen LogP contribution in [0.25, 0.3) is 0 Å². The van der Waals surface area contributed by atoms with Crippen LogP contribution in [0.3, 0.4) is 0 Å². The van der Waals surface area contributed by atoms with Crippen molar-refractivity contribution >= 4 is 0 Å². The van der Waals surface area contributed by atoms with Crippen molar-refractivity contribution in [2.75, 3.05) is 13.1 Å². The van der Waals surface area contributed by atoms with Gasteiger partial charge in [0.1, 0.15) is 0 Å². The van der Waals surface area contributed by atoms with Gasteiger partial charge in [0.05, 0.1) is 0 Å². The van der Waals surface area contributed by atoms with Crippen LogP contribution in [-0.4, -0.2) is 36.1 Å². The van der Waals surface area contributed by atoms with Gasteiger partial charge in [0, 0.05) is 24.7 Å². The number of nitrogens with zero attached hydrogens (tertiary/aromatic N) is 1. The molecule has 0 aromatic heterocycles. The highest BCUT2D eigenvalue weighted by Gasteiger charge is 2.33. The first-order chi connectivity index (χ1) is 10.1. The van der Waals surface area contributed by atoms with Gasteiger partial charge in [-0.3, -0.25) is 4.90 Å². The first kappa shape index (κ1) is 16.5. The minimum atomic E-state index is 0.672. The molecule has 4 unspecified atom stereocenters. The van der Waals surface area contributed by atoms with E-state index in [9.17, 15) is 0 Å². The van der Waals surface area contributed by atoms with Crippen molar-refractivity contribution < 1.29 is 0 Å². The summed E-state index contributed by atoms with van der Waals surface area (Å²) in [4.78, 5) is 2.72. The molecule has 1 fully saturated rings. The maximum atomic E-state index is 3.66. The summed E-state index contributed by atoms with van der Waals surface area (Å²) in [5.41, 5.74) is 1.47. The van der Waals surface area contributed by atoms with Gasteiger partial charge in [-0.2, -0.15) is 0 Å². The predicted octanol–water partition coefficient (Wildman–Crippen LogP) is 3.72. The molecule has 2 rings (SSSR count). The van der Waals surface area contributed by atoms with Crippen LogP contribution in [0.2, 0.25) is 0 Å². The van der Waals surface area contributed by atoms with Crippen molar-refractivity contribution in [1.29, 1.82) is 0 Å². The van der Waals surface area contributed by atoms with Crippen LogP contribution in [0, 0.1) is 5.92 Å². The van der Waals surface area contributed by atoms with E-state index in [0.717, 1.165) is 12.5 Å². The lowest BCUT2D eigenvalue weighted by atomic mass is 9.85. The summed E-state index contributed by atoms with van der Waals surface area (Å²) in [5.74, 6) is 0.734. The molecular formula is C19H32N2. The molecule has 0 saturated carbocycles. The Morgan fingerprint density at radius 3 is 2.62 bits per heavy atom. The van der Waals surface area contributed by atoms with E-state index in [1.54, 1.807) is 0 Å². The quantitative estimate of drug-likeness (QED) is 0.858. The number of piperidine rings is 1. The second-order valence-electron chi connectivity index (χ2n) is 6.66. The molecule has 21 heavy (non-hydrogen) atoms. The summed E-state index contributed by atoms with van der Waals surface area (Å²) >= 11 is 0. The standard InChI is InChI=1S/C19H32N2/c1-5-20-19-13-14-21(17(4)16(19)3)15(2)11-12-18-9-7-6-8-10-18/h6-10,15-17,19-20H,5,11-14H2,1-4H3. The number of rotatable bonds is 6. The molecule has 118 valence electrons. The van der Waals surface area contributed by atoms with Crippen LogP contribution in [-0.2, 0) is 6.42 Å². The summed E-state index contributed by atoms with van der Waals surface area (Å²) in [5, 5.41) is 3.66. The number of likely N-dealkylation sites (tertiary alicyclic amines) is 1. The van der Waals surface area contributed by atoms with Gasteiger partial charge in [-0.1, -0.05) is 44.2 Å². The van der Waals surface area contributed by atoms with Crippen molar-refractivity contribution in [1.82, 2.24) is 10.2 Å². The lowest BCUT2D eigenvalue weighted by Gasteiger charge is -2.46. The molecule has 1 saturated heterocycles. The number of hydrogen-bond donors (Lipinski definition) is 1. The third-order valence-electron chi connectivity index (χ3n) is 5.34. The van der Waals surface area contributed by atoms with Gasteiger partial charge in [-0.15, -0.1) is 0 Å². The van der Waals surface area contributed by atoms with Gasteiger partial charge in [0.15, 0.2) is 0 Å². The van der Waals surface area contributed by atoms with Crippen LogP contribution in [0.5, 0.6) is 0 Å². The molecule has 2 heteroatoms. The zero-order chi connectivity index (χ0) is 15.2. The topological polar surface area (TPSA) is 15.3 Å². The molecule has 0 aliphatic carbocycles. The number of nitrogens with one attached hydrogen (secondary N) is 1. The SMILES string of the molecule is CCNC1CCN(C(C)CCc2ccccc2)C(C)C1C. The van der Waals surface area contributed by atoms with E-state index in [0.29, 0.717) is 18.1 Å². The second kappa shape index (κ2) is 7.95. The van der Waals surface area contributed by atoms with Gasteiger partial charge in [0.25, 0.3) is 0 Å². The average molecular weight is 288 g/mol. The Kier molecular flexibility index (Phi) is 6.25. The predicted molar refractivity (Wildman–Crippen MR) is 91.6 cm³/mol. The molecule has 0 bridgehead atoms. The zero-order valence-electron chi connectivity index (χ0n) is 14.2. The van der Waals surface area contributed by atoms with Gasteiger partial charge >= 0.3 is 0 Å². The largest absolute Gasteiger partial charge is 0.314 e. The Morgan fingerprint density at radius 2 is 1.95 bits per heavy atom. The summed E-state index contributed by atoms with van der Waals surface area (Å²) in [7, 11) is 0. The molecule has 0 radical (unpaired) electrons.